The first kappa shape index (κ1) is 16.5. The molecule has 0 radical (unpaired) electrons. The normalized spacial score (nSPS) is 11.5. The van der Waals surface area contributed by atoms with E-state index in [2.05, 4.69) is 35.6 Å². The van der Waals surface area contributed by atoms with Gasteiger partial charge in [-0.1, -0.05) is 35.6 Å². The summed E-state index contributed by atoms with van der Waals surface area (Å²) < 4.78 is 17.5. The molecule has 1 rings (SSSR count). The molecule has 0 aliphatic heterocycles. The van der Waals surface area contributed by atoms with Gasteiger partial charge in [-0.05, 0) is 30.7 Å². The highest BCUT2D eigenvalue weighted by molar-refractivity contribution is 9.10. The highest BCUT2D eigenvalue weighted by Gasteiger charge is 2.13. The zero-order valence-corrected chi connectivity index (χ0v) is 15.0. The first-order valence-corrected chi connectivity index (χ1v) is 10.9. The van der Waals surface area contributed by atoms with Gasteiger partial charge in [-0.15, -0.1) is 0 Å². The van der Waals surface area contributed by atoms with Crippen molar-refractivity contribution in [2.75, 3.05) is 20.5 Å². The Hall–Kier alpha value is -0.523. The molecule has 0 aliphatic carbocycles. The second-order valence-electron chi connectivity index (χ2n) is 5.74. The Labute approximate surface area is 125 Å². The minimum atomic E-state index is -1.03. The van der Waals surface area contributed by atoms with E-state index in [9.17, 15) is 0 Å². The van der Waals surface area contributed by atoms with Crippen LogP contribution < -0.4 is 9.47 Å². The Morgan fingerprint density at radius 3 is 2.47 bits per heavy atom. The first-order valence-electron chi connectivity index (χ1n) is 6.38. The molecular formula is C14H23BrO3Si. The van der Waals surface area contributed by atoms with Crippen LogP contribution in [0.15, 0.2) is 16.6 Å². The number of hydrogen-bond acceptors (Lipinski definition) is 3. The molecule has 0 heterocycles. The van der Waals surface area contributed by atoms with Crippen LogP contribution in [0.5, 0.6) is 11.5 Å². The minimum absolute atomic E-state index is 0.267. The van der Waals surface area contributed by atoms with Crippen LogP contribution in [-0.4, -0.2) is 28.6 Å². The molecule has 3 nitrogen and oxygen atoms in total. The molecule has 0 bridgehead atoms. The van der Waals surface area contributed by atoms with Crippen LogP contribution in [0.4, 0.5) is 0 Å². The predicted molar refractivity (Wildman–Crippen MR) is 85.0 cm³/mol. The minimum Gasteiger partial charge on any atom is -0.493 e. The number of ether oxygens (including phenoxy) is 3. The molecule has 19 heavy (non-hydrogen) atoms. The van der Waals surface area contributed by atoms with E-state index in [4.69, 9.17) is 14.2 Å². The lowest BCUT2D eigenvalue weighted by Crippen LogP contribution is -2.22. The van der Waals surface area contributed by atoms with Crippen LogP contribution >= 0.6 is 15.9 Å². The van der Waals surface area contributed by atoms with Gasteiger partial charge in [0.25, 0.3) is 0 Å². The summed E-state index contributed by atoms with van der Waals surface area (Å²) in [6, 6.07) is 5.04. The van der Waals surface area contributed by atoms with Gasteiger partial charge in [-0.25, -0.2) is 0 Å². The number of methoxy groups -OCH3 is 1. The van der Waals surface area contributed by atoms with Crippen LogP contribution in [0.3, 0.4) is 0 Å². The summed E-state index contributed by atoms with van der Waals surface area (Å²) in [6.07, 6.45) is 0. The van der Waals surface area contributed by atoms with E-state index in [0.717, 1.165) is 34.2 Å². The van der Waals surface area contributed by atoms with Crippen molar-refractivity contribution in [2.24, 2.45) is 0 Å². The Morgan fingerprint density at radius 1 is 1.21 bits per heavy atom. The van der Waals surface area contributed by atoms with Crippen LogP contribution in [0.2, 0.25) is 25.7 Å². The van der Waals surface area contributed by atoms with E-state index in [1.807, 2.05) is 19.1 Å². The van der Waals surface area contributed by atoms with Crippen molar-refractivity contribution in [2.45, 2.75) is 32.6 Å². The van der Waals surface area contributed by atoms with Gasteiger partial charge in [-0.3, -0.25) is 0 Å². The second kappa shape index (κ2) is 7.31. The van der Waals surface area contributed by atoms with Crippen LogP contribution in [0.1, 0.15) is 5.56 Å². The fourth-order valence-electron chi connectivity index (χ4n) is 1.57. The van der Waals surface area contributed by atoms with Gasteiger partial charge in [0.05, 0.1) is 7.11 Å². The molecule has 0 saturated carbocycles. The SMILES string of the molecule is COc1cc(Br)cc(C)c1OCOCC[Si](C)(C)C. The fourth-order valence-corrected chi connectivity index (χ4v) is 2.88. The van der Waals surface area contributed by atoms with Crippen molar-refractivity contribution in [1.82, 2.24) is 0 Å². The van der Waals surface area contributed by atoms with Crippen molar-refractivity contribution in [1.29, 1.82) is 0 Å². The van der Waals surface area contributed by atoms with Crippen LogP contribution in [-0.2, 0) is 4.74 Å². The van der Waals surface area contributed by atoms with Gasteiger partial charge in [0.15, 0.2) is 18.3 Å². The van der Waals surface area contributed by atoms with Gasteiger partial charge in [0, 0.05) is 19.2 Å². The Balaban J connectivity index is 2.49. The lowest BCUT2D eigenvalue weighted by molar-refractivity contribution is 0.0201. The maximum absolute atomic E-state index is 5.68. The molecule has 0 spiro atoms. The molecule has 0 N–H and O–H groups in total. The average Bonchev–Trinajstić information content (AvgIpc) is 2.29. The van der Waals surface area contributed by atoms with Gasteiger partial charge >= 0.3 is 0 Å². The Kier molecular flexibility index (Phi) is 6.36. The molecule has 0 fully saturated rings. The van der Waals surface area contributed by atoms with Gasteiger partial charge in [0.2, 0.25) is 0 Å². The third-order valence-corrected chi connectivity index (χ3v) is 4.87. The Morgan fingerprint density at radius 2 is 1.89 bits per heavy atom. The standard InChI is InChI=1S/C14H23BrO3Si/c1-11-8-12(15)9-13(16-2)14(11)18-10-17-6-7-19(3,4)5/h8-9H,6-7,10H2,1-5H3. The van der Waals surface area contributed by atoms with Crippen molar-refractivity contribution < 1.29 is 14.2 Å². The molecular weight excluding hydrogens is 324 g/mol. The summed E-state index contributed by atoms with van der Waals surface area (Å²) in [7, 11) is 0.605. The highest BCUT2D eigenvalue weighted by atomic mass is 79.9. The van der Waals surface area contributed by atoms with Crippen molar-refractivity contribution in [3.05, 3.63) is 22.2 Å². The summed E-state index contributed by atoms with van der Waals surface area (Å²) in [5.74, 6) is 1.47. The topological polar surface area (TPSA) is 27.7 Å². The van der Waals surface area contributed by atoms with E-state index in [0.29, 0.717) is 0 Å². The highest BCUT2D eigenvalue weighted by Crippen LogP contribution is 2.34. The lowest BCUT2D eigenvalue weighted by atomic mass is 10.2. The molecule has 0 aromatic heterocycles. The number of aryl methyl sites for hydroxylation is 1. The Bertz CT molecular complexity index is 416. The molecule has 0 unspecified atom stereocenters. The summed E-state index contributed by atoms with van der Waals surface area (Å²) >= 11 is 3.44. The van der Waals surface area contributed by atoms with E-state index >= 15 is 0 Å². The first-order chi connectivity index (χ1) is 8.83. The number of rotatable bonds is 7. The quantitative estimate of drug-likeness (QED) is 0.414. The smallest absolute Gasteiger partial charge is 0.189 e. The fraction of sp³-hybridized carbons (Fsp3) is 0.571. The predicted octanol–water partition coefficient (Wildman–Crippen LogP) is 4.46. The monoisotopic (exact) mass is 346 g/mol. The largest absolute Gasteiger partial charge is 0.493 e. The summed E-state index contributed by atoms with van der Waals surface area (Å²) in [6.45, 7) is 10.0. The number of hydrogen-bond donors (Lipinski definition) is 0. The average molecular weight is 347 g/mol. The molecule has 0 aliphatic rings. The maximum Gasteiger partial charge on any atom is 0.189 e. The third kappa shape index (κ3) is 5.97. The molecule has 0 saturated heterocycles. The van der Waals surface area contributed by atoms with Crippen molar-refractivity contribution >= 4 is 24.0 Å². The van der Waals surface area contributed by atoms with Gasteiger partial charge in [0.1, 0.15) is 0 Å². The summed E-state index contributed by atoms with van der Waals surface area (Å²) in [5, 5.41) is 0. The molecule has 0 amide bonds. The molecule has 0 atom stereocenters. The lowest BCUT2D eigenvalue weighted by Gasteiger charge is -2.17. The molecule has 5 heteroatoms. The number of benzene rings is 1. The van der Waals surface area contributed by atoms with Crippen LogP contribution in [0, 0.1) is 6.92 Å². The zero-order valence-electron chi connectivity index (χ0n) is 12.4. The van der Waals surface area contributed by atoms with Crippen molar-refractivity contribution in [3.8, 4) is 11.5 Å². The van der Waals surface area contributed by atoms with E-state index in [1.54, 1.807) is 7.11 Å². The van der Waals surface area contributed by atoms with Gasteiger partial charge < -0.3 is 14.2 Å². The van der Waals surface area contributed by atoms with Gasteiger partial charge in [-0.2, -0.15) is 0 Å². The third-order valence-electron chi connectivity index (χ3n) is 2.71. The molecule has 1 aromatic carbocycles. The summed E-state index contributed by atoms with van der Waals surface area (Å²) in [5.41, 5.74) is 1.03. The van der Waals surface area contributed by atoms with E-state index < -0.39 is 8.07 Å². The van der Waals surface area contributed by atoms with E-state index in [1.165, 1.54) is 0 Å². The summed E-state index contributed by atoms with van der Waals surface area (Å²) in [4.78, 5) is 0. The second-order valence-corrected chi connectivity index (χ2v) is 12.3. The number of halogens is 1. The molecule has 108 valence electrons. The van der Waals surface area contributed by atoms with Crippen molar-refractivity contribution in [3.63, 3.8) is 0 Å². The zero-order chi connectivity index (χ0) is 14.5. The van der Waals surface area contributed by atoms with E-state index in [-0.39, 0.29) is 6.79 Å². The molecule has 1 aromatic rings. The maximum atomic E-state index is 5.68. The van der Waals surface area contributed by atoms with Crippen LogP contribution in [0.25, 0.3) is 0 Å².